The van der Waals surface area contributed by atoms with E-state index in [0.717, 1.165) is 45.5 Å². The van der Waals surface area contributed by atoms with Crippen molar-refractivity contribution in [3.63, 3.8) is 0 Å². The Morgan fingerprint density at radius 1 is 0.947 bits per heavy atom. The highest BCUT2D eigenvalue weighted by Gasteiger charge is 2.33. The van der Waals surface area contributed by atoms with Gasteiger partial charge < -0.3 is 19.3 Å². The maximum Gasteiger partial charge on any atom is 0.0834 e. The van der Waals surface area contributed by atoms with E-state index in [1.54, 1.807) is 0 Å². The van der Waals surface area contributed by atoms with Crippen LogP contribution < -0.4 is 0 Å². The molecule has 0 amide bonds. The van der Waals surface area contributed by atoms with Gasteiger partial charge in [0.25, 0.3) is 0 Å². The summed E-state index contributed by atoms with van der Waals surface area (Å²) in [5.41, 5.74) is 0. The van der Waals surface area contributed by atoms with Gasteiger partial charge in [0.2, 0.25) is 0 Å². The molecule has 1 aliphatic carbocycles. The minimum absolute atomic E-state index is 0.315. The van der Waals surface area contributed by atoms with Crippen molar-refractivity contribution in [2.24, 2.45) is 11.8 Å². The maximum absolute atomic E-state index is 9.15. The van der Waals surface area contributed by atoms with Crippen LogP contribution in [0.15, 0.2) is 0 Å². The average Bonchev–Trinajstić information content (AvgIpc) is 3.32. The van der Waals surface area contributed by atoms with Gasteiger partial charge in [-0.05, 0) is 37.5 Å². The van der Waals surface area contributed by atoms with Crippen LogP contribution in [0, 0.1) is 11.8 Å². The van der Waals surface area contributed by atoms with E-state index in [-0.39, 0.29) is 0 Å². The second kappa shape index (κ2) is 6.53. The topological polar surface area (TPSA) is 54.5 Å². The predicted molar refractivity (Wildman–Crippen MR) is 71.0 cm³/mol. The Kier molecular flexibility index (Phi) is 4.74. The quantitative estimate of drug-likeness (QED) is 0.683. The molecule has 2 saturated heterocycles. The fourth-order valence-electron chi connectivity index (χ4n) is 3.08. The van der Waals surface area contributed by atoms with Gasteiger partial charge in [0.1, 0.15) is 0 Å². The molecule has 3 rings (SSSR count). The van der Waals surface area contributed by atoms with Gasteiger partial charge in [-0.2, -0.15) is 0 Å². The van der Waals surface area contributed by atoms with Gasteiger partial charge in [-0.1, -0.05) is 0 Å². The Morgan fingerprint density at radius 3 is 1.95 bits per heavy atom. The second-order valence-electron chi connectivity index (χ2n) is 6.41. The van der Waals surface area contributed by atoms with Crippen molar-refractivity contribution in [3.8, 4) is 0 Å². The molecule has 2 atom stereocenters. The summed E-state index contributed by atoms with van der Waals surface area (Å²) in [6.45, 7) is 3.05. The van der Waals surface area contributed by atoms with Crippen molar-refractivity contribution < 1.29 is 19.3 Å². The van der Waals surface area contributed by atoms with Crippen LogP contribution in [0.4, 0.5) is 0 Å². The molecule has 0 radical (unpaired) electrons. The number of ether oxygens (including phenoxy) is 3. The number of rotatable bonds is 8. The van der Waals surface area contributed by atoms with Gasteiger partial charge in [-0.15, -0.1) is 0 Å². The van der Waals surface area contributed by atoms with Gasteiger partial charge in [0.05, 0.1) is 31.5 Å². The molecule has 0 aromatic rings. The summed E-state index contributed by atoms with van der Waals surface area (Å²) in [5.74, 6) is 1.22. The van der Waals surface area contributed by atoms with Crippen LogP contribution >= 0.6 is 0 Å². The van der Waals surface area contributed by atoms with Crippen LogP contribution in [0.5, 0.6) is 0 Å². The third-order valence-corrected chi connectivity index (χ3v) is 4.65. The lowest BCUT2D eigenvalue weighted by atomic mass is 9.83. The molecule has 2 unspecified atom stereocenters. The molecule has 2 heterocycles. The van der Waals surface area contributed by atoms with Crippen LogP contribution in [-0.4, -0.2) is 49.8 Å². The second-order valence-corrected chi connectivity index (χ2v) is 6.41. The number of hydrogen-bond donors (Lipinski definition) is 1. The number of hydrogen-bond acceptors (Lipinski definition) is 4. The minimum Gasteiger partial charge on any atom is -0.396 e. The summed E-state index contributed by atoms with van der Waals surface area (Å²) in [5, 5.41) is 9.15. The van der Waals surface area contributed by atoms with Crippen molar-refractivity contribution in [2.45, 2.75) is 56.8 Å². The molecule has 19 heavy (non-hydrogen) atoms. The van der Waals surface area contributed by atoms with E-state index in [1.165, 1.54) is 12.8 Å². The van der Waals surface area contributed by atoms with Gasteiger partial charge in [0, 0.05) is 26.1 Å². The summed E-state index contributed by atoms with van der Waals surface area (Å²) < 4.78 is 16.8. The first kappa shape index (κ1) is 13.8. The fourth-order valence-corrected chi connectivity index (χ4v) is 3.08. The lowest BCUT2D eigenvalue weighted by molar-refractivity contribution is -0.000902. The van der Waals surface area contributed by atoms with Gasteiger partial charge >= 0.3 is 0 Å². The predicted octanol–water partition coefficient (Wildman–Crippen LogP) is 1.75. The maximum atomic E-state index is 9.15. The molecule has 2 aliphatic heterocycles. The summed E-state index contributed by atoms with van der Waals surface area (Å²) >= 11 is 0. The van der Waals surface area contributed by atoms with E-state index in [2.05, 4.69) is 0 Å². The average molecular weight is 270 g/mol. The lowest BCUT2D eigenvalue weighted by Crippen LogP contribution is -2.25. The SMILES string of the molecule is OCC1CCC(COC(CC2CO2)CC2CO2)CC1. The van der Waals surface area contributed by atoms with E-state index in [1.807, 2.05) is 0 Å². The van der Waals surface area contributed by atoms with Gasteiger partial charge in [-0.3, -0.25) is 0 Å². The highest BCUT2D eigenvalue weighted by atomic mass is 16.6. The number of aliphatic hydroxyl groups excluding tert-OH is 1. The van der Waals surface area contributed by atoms with Crippen molar-refractivity contribution >= 4 is 0 Å². The Labute approximate surface area is 115 Å². The molecule has 0 aromatic heterocycles. The first-order chi connectivity index (χ1) is 9.33. The Balaban J connectivity index is 1.36. The molecular formula is C15H26O4. The molecular weight excluding hydrogens is 244 g/mol. The summed E-state index contributed by atoms with van der Waals surface area (Å²) in [6, 6.07) is 0. The van der Waals surface area contributed by atoms with Crippen molar-refractivity contribution in [3.05, 3.63) is 0 Å². The summed E-state index contributed by atoms with van der Waals surface area (Å²) in [7, 11) is 0. The van der Waals surface area contributed by atoms with Crippen LogP contribution in [0.2, 0.25) is 0 Å². The number of aliphatic hydroxyl groups is 1. The summed E-state index contributed by atoms with van der Waals surface area (Å²) in [4.78, 5) is 0. The normalized spacial score (nSPS) is 39.0. The summed E-state index contributed by atoms with van der Waals surface area (Å²) in [6.07, 6.45) is 7.99. The standard InChI is InChI=1S/C15H26O4/c16-7-11-1-3-12(4-2-11)8-17-13(5-14-9-18-14)6-15-10-19-15/h11-16H,1-10H2. The van der Waals surface area contributed by atoms with E-state index in [4.69, 9.17) is 19.3 Å². The first-order valence-electron chi connectivity index (χ1n) is 7.79. The van der Waals surface area contributed by atoms with Crippen LogP contribution in [0.25, 0.3) is 0 Å². The Bertz CT molecular complexity index is 253. The highest BCUT2D eigenvalue weighted by molar-refractivity contribution is 4.81. The van der Waals surface area contributed by atoms with Gasteiger partial charge in [0.15, 0.2) is 0 Å². The molecule has 3 aliphatic rings. The highest BCUT2D eigenvalue weighted by Crippen LogP contribution is 2.30. The molecule has 0 spiro atoms. The minimum atomic E-state index is 0.315. The molecule has 4 heteroatoms. The van der Waals surface area contributed by atoms with Crippen molar-refractivity contribution in [1.29, 1.82) is 0 Å². The van der Waals surface area contributed by atoms with Crippen LogP contribution in [0.3, 0.4) is 0 Å². The zero-order chi connectivity index (χ0) is 13.1. The molecule has 1 N–H and O–H groups in total. The molecule has 0 bridgehead atoms. The molecule has 110 valence electrons. The van der Waals surface area contributed by atoms with Crippen molar-refractivity contribution in [2.75, 3.05) is 26.4 Å². The Hall–Kier alpha value is -0.160. The first-order valence-corrected chi connectivity index (χ1v) is 7.79. The lowest BCUT2D eigenvalue weighted by Gasteiger charge is -2.28. The van der Waals surface area contributed by atoms with E-state index in [0.29, 0.717) is 36.8 Å². The zero-order valence-corrected chi connectivity index (χ0v) is 11.6. The van der Waals surface area contributed by atoms with Crippen LogP contribution in [0.1, 0.15) is 38.5 Å². The van der Waals surface area contributed by atoms with E-state index < -0.39 is 0 Å². The molecule has 0 aromatic carbocycles. The smallest absolute Gasteiger partial charge is 0.0834 e. The third-order valence-electron chi connectivity index (χ3n) is 4.65. The monoisotopic (exact) mass is 270 g/mol. The number of epoxide rings is 2. The molecule has 4 nitrogen and oxygen atoms in total. The van der Waals surface area contributed by atoms with Gasteiger partial charge in [-0.25, -0.2) is 0 Å². The van der Waals surface area contributed by atoms with E-state index in [9.17, 15) is 0 Å². The Morgan fingerprint density at radius 2 is 1.47 bits per heavy atom. The zero-order valence-electron chi connectivity index (χ0n) is 11.6. The van der Waals surface area contributed by atoms with Crippen LogP contribution in [-0.2, 0) is 14.2 Å². The molecule has 3 fully saturated rings. The largest absolute Gasteiger partial charge is 0.396 e. The van der Waals surface area contributed by atoms with Crippen molar-refractivity contribution in [1.82, 2.24) is 0 Å². The third kappa shape index (κ3) is 4.71. The molecule has 1 saturated carbocycles. The van der Waals surface area contributed by atoms with E-state index >= 15 is 0 Å². The fraction of sp³-hybridized carbons (Fsp3) is 1.00.